The van der Waals surface area contributed by atoms with Crippen LogP contribution in [0.2, 0.25) is 0 Å². The summed E-state index contributed by atoms with van der Waals surface area (Å²) in [4.78, 5) is 12.4. The lowest BCUT2D eigenvalue weighted by molar-refractivity contribution is 0.0926. The van der Waals surface area contributed by atoms with Crippen molar-refractivity contribution in [2.24, 2.45) is 0 Å². The normalized spacial score (nSPS) is 12.1. The molecule has 1 amide bonds. The van der Waals surface area contributed by atoms with Gasteiger partial charge in [0, 0.05) is 5.56 Å². The van der Waals surface area contributed by atoms with Gasteiger partial charge in [0.05, 0.1) is 24.5 Å². The number of ether oxygens (including phenoxy) is 1. The molecule has 0 saturated heterocycles. The van der Waals surface area contributed by atoms with Gasteiger partial charge in [-0.1, -0.05) is 24.3 Å². The van der Waals surface area contributed by atoms with Gasteiger partial charge in [0.15, 0.2) is 0 Å². The summed E-state index contributed by atoms with van der Waals surface area (Å²) >= 11 is 0. The molecule has 2 aromatic carbocycles. The van der Waals surface area contributed by atoms with E-state index in [1.807, 2.05) is 38.1 Å². The quantitative estimate of drug-likeness (QED) is 0.654. The highest BCUT2D eigenvalue weighted by molar-refractivity contribution is 7.92. The summed E-state index contributed by atoms with van der Waals surface area (Å²) in [6.45, 7) is 7.91. The van der Waals surface area contributed by atoms with E-state index in [9.17, 15) is 13.2 Å². The first-order valence-corrected chi connectivity index (χ1v) is 10.7. The van der Waals surface area contributed by atoms with Crippen LogP contribution < -0.4 is 14.4 Å². The van der Waals surface area contributed by atoms with Crippen LogP contribution in [0.1, 0.15) is 22.8 Å². The number of anilines is 1. The van der Waals surface area contributed by atoms with Gasteiger partial charge in [-0.05, 0) is 49.7 Å². The fourth-order valence-corrected chi connectivity index (χ4v) is 3.49. The Balaban J connectivity index is 1.98. The molecule has 0 fully saturated rings. The third-order valence-corrected chi connectivity index (χ3v) is 5.23. The molecule has 0 aliphatic heterocycles. The fourth-order valence-electron chi connectivity index (χ4n) is 2.61. The number of hydrogen-bond donors (Lipinski definition) is 1. The second kappa shape index (κ2) is 9.41. The molecule has 150 valence electrons. The van der Waals surface area contributed by atoms with Crippen LogP contribution in [0.3, 0.4) is 0 Å². The van der Waals surface area contributed by atoms with Crippen LogP contribution in [0.4, 0.5) is 5.69 Å². The van der Waals surface area contributed by atoms with E-state index in [-0.39, 0.29) is 18.5 Å². The average molecular weight is 403 g/mol. The van der Waals surface area contributed by atoms with Crippen molar-refractivity contribution >= 4 is 21.6 Å². The second-order valence-electron chi connectivity index (χ2n) is 6.58. The summed E-state index contributed by atoms with van der Waals surface area (Å²) in [5.74, 6) is 0.540. The van der Waals surface area contributed by atoms with Gasteiger partial charge in [-0.25, -0.2) is 8.42 Å². The van der Waals surface area contributed by atoms with Crippen molar-refractivity contribution in [2.75, 3.05) is 23.7 Å². The molecule has 0 saturated carbocycles. The topological polar surface area (TPSA) is 75.7 Å². The molecule has 6 nitrogen and oxygen atoms in total. The van der Waals surface area contributed by atoms with E-state index >= 15 is 0 Å². The molecule has 0 heterocycles. The standard InChI is InChI=1S/C21H26N2O4S/c1-5-14-23(28(4,25)26)19-12-10-18(11-13-19)21(24)22-17(3)15-27-20-9-7-6-8-16(20)2/h5-13,17H,1,14-15H2,2-4H3,(H,22,24). The Morgan fingerprint density at radius 1 is 1.21 bits per heavy atom. The van der Waals surface area contributed by atoms with Crippen LogP contribution in [0.25, 0.3) is 0 Å². The predicted octanol–water partition coefficient (Wildman–Crippen LogP) is 3.14. The number of nitrogens with one attached hydrogen (secondary N) is 1. The molecule has 1 unspecified atom stereocenters. The van der Waals surface area contributed by atoms with E-state index < -0.39 is 10.0 Å². The summed E-state index contributed by atoms with van der Waals surface area (Å²) < 4.78 is 30.7. The van der Waals surface area contributed by atoms with Crippen LogP contribution in [-0.4, -0.2) is 39.8 Å². The molecule has 2 aromatic rings. The van der Waals surface area contributed by atoms with Crippen molar-refractivity contribution in [3.8, 4) is 5.75 Å². The van der Waals surface area contributed by atoms with E-state index in [0.29, 0.717) is 17.9 Å². The highest BCUT2D eigenvalue weighted by Crippen LogP contribution is 2.19. The third-order valence-electron chi connectivity index (χ3n) is 4.07. The van der Waals surface area contributed by atoms with Crippen molar-refractivity contribution in [2.45, 2.75) is 19.9 Å². The Morgan fingerprint density at radius 3 is 2.43 bits per heavy atom. The van der Waals surface area contributed by atoms with Crippen LogP contribution in [0, 0.1) is 6.92 Å². The summed E-state index contributed by atoms with van der Waals surface area (Å²) in [6.07, 6.45) is 2.64. The van der Waals surface area contributed by atoms with Crippen LogP contribution in [0.15, 0.2) is 61.2 Å². The lowest BCUT2D eigenvalue weighted by Crippen LogP contribution is -2.36. The minimum Gasteiger partial charge on any atom is -0.491 e. The first kappa shape index (κ1) is 21.5. The van der Waals surface area contributed by atoms with Gasteiger partial charge >= 0.3 is 0 Å². The number of amides is 1. The first-order valence-electron chi connectivity index (χ1n) is 8.90. The number of carbonyl (C=O) groups excluding carboxylic acids is 1. The van der Waals surface area contributed by atoms with E-state index in [1.165, 1.54) is 10.4 Å². The predicted molar refractivity (Wildman–Crippen MR) is 112 cm³/mol. The molecule has 0 bridgehead atoms. The highest BCUT2D eigenvalue weighted by atomic mass is 32.2. The van der Waals surface area contributed by atoms with Crippen molar-refractivity contribution in [1.29, 1.82) is 0 Å². The van der Waals surface area contributed by atoms with Gasteiger partial charge in [-0.15, -0.1) is 6.58 Å². The molecule has 28 heavy (non-hydrogen) atoms. The van der Waals surface area contributed by atoms with E-state index in [4.69, 9.17) is 4.74 Å². The van der Waals surface area contributed by atoms with Crippen molar-refractivity contribution < 1.29 is 17.9 Å². The fraction of sp³-hybridized carbons (Fsp3) is 0.286. The SMILES string of the molecule is C=CCN(c1ccc(C(=O)NC(C)COc2ccccc2C)cc1)S(C)(=O)=O. The Kier molecular flexibility index (Phi) is 7.23. The Labute approximate surface area is 166 Å². The number of benzene rings is 2. The number of nitrogens with zero attached hydrogens (tertiary/aromatic N) is 1. The smallest absolute Gasteiger partial charge is 0.251 e. The lowest BCUT2D eigenvalue weighted by Gasteiger charge is -2.21. The van der Waals surface area contributed by atoms with Crippen LogP contribution >= 0.6 is 0 Å². The number of rotatable bonds is 9. The van der Waals surface area contributed by atoms with Gasteiger partial charge in [0.1, 0.15) is 12.4 Å². The third kappa shape index (κ3) is 5.85. The molecule has 1 N–H and O–H groups in total. The molecule has 0 aromatic heterocycles. The molecule has 0 radical (unpaired) electrons. The molecule has 2 rings (SSSR count). The summed E-state index contributed by atoms with van der Waals surface area (Å²) in [6, 6.07) is 13.9. The van der Waals surface area contributed by atoms with Crippen LogP contribution in [0.5, 0.6) is 5.75 Å². The number of sulfonamides is 1. The molecule has 7 heteroatoms. The maximum atomic E-state index is 12.4. The van der Waals surface area contributed by atoms with Crippen molar-refractivity contribution in [1.82, 2.24) is 5.32 Å². The maximum absolute atomic E-state index is 12.4. The van der Waals surface area contributed by atoms with Gasteiger partial charge in [-0.3, -0.25) is 9.10 Å². The first-order chi connectivity index (χ1) is 13.2. The molecular weight excluding hydrogens is 376 g/mol. The summed E-state index contributed by atoms with van der Waals surface area (Å²) in [5.41, 5.74) is 1.96. The van der Waals surface area contributed by atoms with Crippen molar-refractivity contribution in [3.05, 3.63) is 72.3 Å². The number of hydrogen-bond acceptors (Lipinski definition) is 4. The molecular formula is C21H26N2O4S. The largest absolute Gasteiger partial charge is 0.491 e. The monoisotopic (exact) mass is 402 g/mol. The molecule has 0 aliphatic rings. The minimum atomic E-state index is -3.42. The zero-order valence-corrected chi connectivity index (χ0v) is 17.2. The highest BCUT2D eigenvalue weighted by Gasteiger charge is 2.17. The summed E-state index contributed by atoms with van der Waals surface area (Å²) in [5, 5.41) is 2.88. The maximum Gasteiger partial charge on any atom is 0.251 e. The molecule has 0 spiro atoms. The number of carbonyl (C=O) groups is 1. The average Bonchev–Trinajstić information content (AvgIpc) is 2.64. The zero-order chi connectivity index (χ0) is 20.7. The minimum absolute atomic E-state index is 0.164. The lowest BCUT2D eigenvalue weighted by atomic mass is 10.2. The Morgan fingerprint density at radius 2 is 1.86 bits per heavy atom. The van der Waals surface area contributed by atoms with Gasteiger partial charge in [-0.2, -0.15) is 0 Å². The van der Waals surface area contributed by atoms with Gasteiger partial charge in [0.2, 0.25) is 10.0 Å². The van der Waals surface area contributed by atoms with Gasteiger partial charge in [0.25, 0.3) is 5.91 Å². The van der Waals surface area contributed by atoms with Crippen LogP contribution in [-0.2, 0) is 10.0 Å². The van der Waals surface area contributed by atoms with Crippen molar-refractivity contribution in [3.63, 3.8) is 0 Å². The zero-order valence-electron chi connectivity index (χ0n) is 16.4. The Bertz CT molecular complexity index is 924. The van der Waals surface area contributed by atoms with E-state index in [0.717, 1.165) is 17.6 Å². The Hall–Kier alpha value is -2.80. The number of para-hydroxylation sites is 1. The second-order valence-corrected chi connectivity index (χ2v) is 8.49. The van der Waals surface area contributed by atoms with E-state index in [2.05, 4.69) is 11.9 Å². The molecule has 0 aliphatic carbocycles. The number of aryl methyl sites for hydroxylation is 1. The summed E-state index contributed by atoms with van der Waals surface area (Å²) in [7, 11) is -3.42. The molecule has 1 atom stereocenters. The van der Waals surface area contributed by atoms with E-state index in [1.54, 1.807) is 24.3 Å². The van der Waals surface area contributed by atoms with Gasteiger partial charge < -0.3 is 10.1 Å².